The minimum Gasteiger partial charge on any atom is -0.465 e. The Morgan fingerprint density at radius 3 is 2.55 bits per heavy atom. The Bertz CT molecular complexity index is 653. The standard InChI is InChI=1S/C15H19N3O2/c1-9(2)18(4)14-10(3)16-12-7-6-11(15(19)20-5)8-13(12)17-14/h6-9H,1-5H3. The average molecular weight is 273 g/mol. The number of nitrogens with zero attached hydrogens (tertiary/aromatic N) is 3. The second-order valence-electron chi connectivity index (χ2n) is 5.03. The van der Waals surface area contributed by atoms with Crippen LogP contribution in [0.1, 0.15) is 29.9 Å². The molecule has 0 amide bonds. The Balaban J connectivity index is 2.57. The molecular formula is C15H19N3O2. The average Bonchev–Trinajstić information content (AvgIpc) is 2.44. The summed E-state index contributed by atoms with van der Waals surface area (Å²) in [6.07, 6.45) is 0. The Labute approximate surface area is 118 Å². The summed E-state index contributed by atoms with van der Waals surface area (Å²) in [5.74, 6) is 0.461. The molecule has 1 aromatic heterocycles. The van der Waals surface area contributed by atoms with E-state index in [-0.39, 0.29) is 5.97 Å². The van der Waals surface area contributed by atoms with Crippen molar-refractivity contribution < 1.29 is 9.53 Å². The molecule has 2 aromatic rings. The maximum Gasteiger partial charge on any atom is 0.337 e. The lowest BCUT2D eigenvalue weighted by Crippen LogP contribution is -2.27. The van der Waals surface area contributed by atoms with E-state index in [0.717, 1.165) is 17.0 Å². The van der Waals surface area contributed by atoms with Crippen molar-refractivity contribution in [2.75, 3.05) is 19.1 Å². The van der Waals surface area contributed by atoms with E-state index in [9.17, 15) is 4.79 Å². The summed E-state index contributed by atoms with van der Waals surface area (Å²) in [5.41, 5.74) is 2.83. The number of hydrogen-bond acceptors (Lipinski definition) is 5. The van der Waals surface area contributed by atoms with Gasteiger partial charge in [-0.2, -0.15) is 0 Å². The van der Waals surface area contributed by atoms with E-state index in [4.69, 9.17) is 4.74 Å². The van der Waals surface area contributed by atoms with E-state index >= 15 is 0 Å². The maximum absolute atomic E-state index is 11.6. The van der Waals surface area contributed by atoms with Gasteiger partial charge in [0.15, 0.2) is 5.82 Å². The van der Waals surface area contributed by atoms with E-state index in [1.165, 1.54) is 7.11 Å². The van der Waals surface area contributed by atoms with Gasteiger partial charge >= 0.3 is 5.97 Å². The molecule has 0 unspecified atom stereocenters. The number of hydrogen-bond donors (Lipinski definition) is 0. The SMILES string of the molecule is COC(=O)c1ccc2nc(C)c(N(C)C(C)C)nc2c1. The molecule has 0 fully saturated rings. The van der Waals surface area contributed by atoms with Crippen LogP contribution in [0.4, 0.5) is 5.82 Å². The van der Waals surface area contributed by atoms with Crippen LogP contribution in [0, 0.1) is 6.92 Å². The molecule has 1 aromatic carbocycles. The highest BCUT2D eigenvalue weighted by molar-refractivity contribution is 5.93. The smallest absolute Gasteiger partial charge is 0.337 e. The third kappa shape index (κ3) is 2.57. The first-order valence-corrected chi connectivity index (χ1v) is 6.53. The maximum atomic E-state index is 11.6. The summed E-state index contributed by atoms with van der Waals surface area (Å²) in [5, 5.41) is 0. The van der Waals surface area contributed by atoms with Gasteiger partial charge in [-0.3, -0.25) is 0 Å². The zero-order chi connectivity index (χ0) is 14.9. The van der Waals surface area contributed by atoms with Crippen LogP contribution >= 0.6 is 0 Å². The first kappa shape index (κ1) is 14.2. The number of esters is 1. The normalized spacial score (nSPS) is 10.9. The van der Waals surface area contributed by atoms with Crippen molar-refractivity contribution in [2.24, 2.45) is 0 Å². The van der Waals surface area contributed by atoms with Gasteiger partial charge in [-0.1, -0.05) is 0 Å². The molecule has 0 N–H and O–H groups in total. The van der Waals surface area contributed by atoms with Crippen LogP contribution in [-0.4, -0.2) is 36.1 Å². The Morgan fingerprint density at radius 2 is 1.95 bits per heavy atom. The highest BCUT2D eigenvalue weighted by atomic mass is 16.5. The Kier molecular flexibility index (Phi) is 3.88. The molecule has 5 nitrogen and oxygen atoms in total. The summed E-state index contributed by atoms with van der Waals surface area (Å²) in [7, 11) is 3.35. The monoisotopic (exact) mass is 273 g/mol. The van der Waals surface area contributed by atoms with Crippen molar-refractivity contribution in [1.82, 2.24) is 9.97 Å². The van der Waals surface area contributed by atoms with Gasteiger partial charge < -0.3 is 9.64 Å². The minimum atomic E-state index is -0.368. The molecule has 0 aliphatic carbocycles. The number of methoxy groups -OCH3 is 1. The van der Waals surface area contributed by atoms with Crippen molar-refractivity contribution in [1.29, 1.82) is 0 Å². The summed E-state index contributed by atoms with van der Waals surface area (Å²) in [6.45, 7) is 6.13. The minimum absolute atomic E-state index is 0.323. The fraction of sp³-hybridized carbons (Fsp3) is 0.400. The van der Waals surface area contributed by atoms with Crippen LogP contribution in [0.5, 0.6) is 0 Å². The van der Waals surface area contributed by atoms with E-state index in [1.807, 2.05) is 14.0 Å². The molecule has 106 valence electrons. The van der Waals surface area contributed by atoms with Gasteiger partial charge in [-0.05, 0) is 39.0 Å². The van der Waals surface area contributed by atoms with Crippen LogP contribution in [0.2, 0.25) is 0 Å². The first-order chi connectivity index (χ1) is 9.43. The number of benzene rings is 1. The molecule has 5 heteroatoms. The number of rotatable bonds is 3. The van der Waals surface area contributed by atoms with E-state index in [0.29, 0.717) is 17.1 Å². The van der Waals surface area contributed by atoms with Gasteiger partial charge in [0.1, 0.15) is 0 Å². The lowest BCUT2D eigenvalue weighted by molar-refractivity contribution is 0.0601. The van der Waals surface area contributed by atoms with E-state index in [2.05, 4.69) is 28.7 Å². The summed E-state index contributed by atoms with van der Waals surface area (Å²) < 4.78 is 4.73. The topological polar surface area (TPSA) is 55.3 Å². The predicted molar refractivity (Wildman–Crippen MR) is 79.2 cm³/mol. The number of carbonyl (C=O) groups is 1. The molecule has 0 aliphatic heterocycles. The quantitative estimate of drug-likeness (QED) is 0.804. The fourth-order valence-electron chi connectivity index (χ4n) is 1.96. The number of anilines is 1. The Hall–Kier alpha value is -2.17. The molecule has 0 spiro atoms. The second-order valence-corrected chi connectivity index (χ2v) is 5.03. The lowest BCUT2D eigenvalue weighted by Gasteiger charge is -2.24. The summed E-state index contributed by atoms with van der Waals surface area (Å²) >= 11 is 0. The number of carbonyl (C=O) groups excluding carboxylic acids is 1. The third-order valence-corrected chi connectivity index (χ3v) is 3.34. The number of ether oxygens (including phenoxy) is 1. The van der Waals surface area contributed by atoms with Crippen LogP contribution in [0.15, 0.2) is 18.2 Å². The predicted octanol–water partition coefficient (Wildman–Crippen LogP) is 2.57. The van der Waals surface area contributed by atoms with Crippen LogP contribution in [0.25, 0.3) is 11.0 Å². The highest BCUT2D eigenvalue weighted by Gasteiger charge is 2.14. The zero-order valence-corrected chi connectivity index (χ0v) is 12.5. The molecule has 0 bridgehead atoms. The van der Waals surface area contributed by atoms with Crippen molar-refractivity contribution >= 4 is 22.8 Å². The molecule has 0 atom stereocenters. The molecule has 20 heavy (non-hydrogen) atoms. The van der Waals surface area contributed by atoms with Gasteiger partial charge in [0.25, 0.3) is 0 Å². The lowest BCUT2D eigenvalue weighted by atomic mass is 10.2. The summed E-state index contributed by atoms with van der Waals surface area (Å²) in [6, 6.07) is 5.53. The zero-order valence-electron chi connectivity index (χ0n) is 12.5. The van der Waals surface area contributed by atoms with Crippen LogP contribution < -0.4 is 4.90 Å². The Morgan fingerprint density at radius 1 is 1.25 bits per heavy atom. The highest BCUT2D eigenvalue weighted by Crippen LogP contribution is 2.21. The van der Waals surface area contributed by atoms with E-state index in [1.54, 1.807) is 18.2 Å². The van der Waals surface area contributed by atoms with Crippen molar-refractivity contribution in [2.45, 2.75) is 26.8 Å². The molecule has 0 radical (unpaired) electrons. The van der Waals surface area contributed by atoms with Crippen LogP contribution in [0.3, 0.4) is 0 Å². The number of aryl methyl sites for hydroxylation is 1. The van der Waals surface area contributed by atoms with Gasteiger partial charge in [0.2, 0.25) is 0 Å². The first-order valence-electron chi connectivity index (χ1n) is 6.53. The fourth-order valence-corrected chi connectivity index (χ4v) is 1.96. The molecule has 0 saturated carbocycles. The van der Waals surface area contributed by atoms with Gasteiger partial charge in [0.05, 0.1) is 29.4 Å². The van der Waals surface area contributed by atoms with Crippen molar-refractivity contribution in [3.63, 3.8) is 0 Å². The number of fused-ring (bicyclic) bond motifs is 1. The van der Waals surface area contributed by atoms with Gasteiger partial charge in [0, 0.05) is 13.1 Å². The number of aromatic nitrogens is 2. The van der Waals surface area contributed by atoms with Gasteiger partial charge in [-0.15, -0.1) is 0 Å². The van der Waals surface area contributed by atoms with Gasteiger partial charge in [-0.25, -0.2) is 14.8 Å². The molecule has 1 heterocycles. The molecule has 2 rings (SSSR count). The third-order valence-electron chi connectivity index (χ3n) is 3.34. The molecule has 0 saturated heterocycles. The van der Waals surface area contributed by atoms with Crippen molar-refractivity contribution in [3.8, 4) is 0 Å². The van der Waals surface area contributed by atoms with Crippen molar-refractivity contribution in [3.05, 3.63) is 29.5 Å². The molecule has 0 aliphatic rings. The largest absolute Gasteiger partial charge is 0.465 e. The molecular weight excluding hydrogens is 254 g/mol. The van der Waals surface area contributed by atoms with E-state index < -0.39 is 0 Å². The second kappa shape index (κ2) is 5.45. The summed E-state index contributed by atoms with van der Waals surface area (Å²) in [4.78, 5) is 22.8. The van der Waals surface area contributed by atoms with Crippen LogP contribution in [-0.2, 0) is 4.74 Å².